The maximum absolute atomic E-state index is 13.7. The van der Waals surface area contributed by atoms with E-state index in [2.05, 4.69) is 71.5 Å². The molecule has 2 aliphatic heterocycles. The van der Waals surface area contributed by atoms with Crippen molar-refractivity contribution in [1.82, 2.24) is 14.8 Å². The van der Waals surface area contributed by atoms with E-state index in [1.165, 1.54) is 16.5 Å². The lowest BCUT2D eigenvalue weighted by molar-refractivity contribution is -0.133. The van der Waals surface area contributed by atoms with E-state index in [0.717, 1.165) is 67.3 Å². The minimum atomic E-state index is -0.132. The third-order valence-electron chi connectivity index (χ3n) is 7.75. The summed E-state index contributed by atoms with van der Waals surface area (Å²) in [7, 11) is 0. The van der Waals surface area contributed by atoms with E-state index in [1.807, 2.05) is 23.1 Å². The van der Waals surface area contributed by atoms with Crippen LogP contribution in [0, 0.1) is 0 Å². The normalized spacial score (nSPS) is 16.3. The van der Waals surface area contributed by atoms with Crippen LogP contribution >= 0.6 is 0 Å². The van der Waals surface area contributed by atoms with E-state index in [9.17, 15) is 4.79 Å². The van der Waals surface area contributed by atoms with E-state index < -0.39 is 0 Å². The second kappa shape index (κ2) is 10.3. The fourth-order valence-electron chi connectivity index (χ4n) is 5.74. The zero-order chi connectivity index (χ0) is 25.2. The van der Waals surface area contributed by atoms with Crippen LogP contribution in [0.3, 0.4) is 0 Å². The number of hydrogen-bond acceptors (Lipinski definition) is 4. The molecule has 1 N–H and O–H groups in total. The molecule has 3 aromatic carbocycles. The summed E-state index contributed by atoms with van der Waals surface area (Å²) in [5.74, 6) is 1.56. The Morgan fingerprint density at radius 3 is 2.54 bits per heavy atom. The van der Waals surface area contributed by atoms with Crippen LogP contribution in [-0.4, -0.2) is 53.7 Å². The number of H-pyrrole nitrogens is 1. The number of amides is 1. The van der Waals surface area contributed by atoms with Crippen molar-refractivity contribution in [2.24, 2.45) is 0 Å². The highest BCUT2D eigenvalue weighted by molar-refractivity contribution is 5.88. The van der Waals surface area contributed by atoms with Gasteiger partial charge in [0.05, 0.1) is 0 Å². The zero-order valence-corrected chi connectivity index (χ0v) is 21.3. The molecule has 0 aliphatic carbocycles. The zero-order valence-electron chi connectivity index (χ0n) is 21.3. The molecule has 0 saturated carbocycles. The number of nitrogens with zero attached hydrogens (tertiary/aromatic N) is 2. The summed E-state index contributed by atoms with van der Waals surface area (Å²) < 4.78 is 11.6. The van der Waals surface area contributed by atoms with Crippen molar-refractivity contribution >= 4 is 16.8 Å². The smallest absolute Gasteiger partial charge is 0.231 e. The average Bonchev–Trinajstić information content (AvgIpc) is 3.60. The first-order chi connectivity index (χ1) is 18.2. The molecule has 190 valence electrons. The highest BCUT2D eigenvalue weighted by Gasteiger charge is 2.31. The fourth-order valence-corrected chi connectivity index (χ4v) is 5.74. The van der Waals surface area contributed by atoms with Gasteiger partial charge in [-0.05, 0) is 29.2 Å². The molecule has 0 radical (unpaired) electrons. The number of aromatic nitrogens is 1. The number of para-hydroxylation sites is 2. The van der Waals surface area contributed by atoms with Crippen LogP contribution in [0.25, 0.3) is 10.9 Å². The van der Waals surface area contributed by atoms with Crippen molar-refractivity contribution in [3.63, 3.8) is 0 Å². The second-order valence-electron chi connectivity index (χ2n) is 9.92. The summed E-state index contributed by atoms with van der Waals surface area (Å²) in [4.78, 5) is 21.7. The van der Waals surface area contributed by atoms with Crippen molar-refractivity contribution in [2.75, 3.05) is 33.0 Å². The molecule has 0 spiro atoms. The lowest BCUT2D eigenvalue weighted by Gasteiger charge is -2.35. The standard InChI is InChI=1S/C31H33N3O3/c1-2-23-10-6-11-24-27(19-32-30(23)24)26(25-12-7-13-28-31(25)37-21-36-28)18-29(35)34-16-14-33(15-17-34)20-22-8-4-3-5-9-22/h3-13,19,26,32H,2,14-18,20-21H2,1H3. The molecule has 2 aliphatic rings. The third kappa shape index (κ3) is 4.69. The summed E-state index contributed by atoms with van der Waals surface area (Å²) in [5, 5.41) is 1.17. The van der Waals surface area contributed by atoms with Gasteiger partial charge in [0.1, 0.15) is 0 Å². The molecule has 1 atom stereocenters. The molecule has 37 heavy (non-hydrogen) atoms. The molecule has 6 heteroatoms. The Morgan fingerprint density at radius 2 is 1.73 bits per heavy atom. The second-order valence-corrected chi connectivity index (χ2v) is 9.92. The highest BCUT2D eigenvalue weighted by atomic mass is 16.7. The van der Waals surface area contributed by atoms with Gasteiger partial charge >= 0.3 is 0 Å². The van der Waals surface area contributed by atoms with Crippen molar-refractivity contribution in [1.29, 1.82) is 0 Å². The van der Waals surface area contributed by atoms with Gasteiger partial charge in [0.25, 0.3) is 0 Å². The van der Waals surface area contributed by atoms with Crippen molar-refractivity contribution in [3.05, 3.63) is 95.2 Å². The van der Waals surface area contributed by atoms with Gasteiger partial charge in [-0.2, -0.15) is 0 Å². The Hall–Kier alpha value is -3.77. The van der Waals surface area contributed by atoms with Crippen LogP contribution in [0.5, 0.6) is 11.5 Å². The van der Waals surface area contributed by atoms with Gasteiger partial charge in [-0.25, -0.2) is 0 Å². The van der Waals surface area contributed by atoms with E-state index in [0.29, 0.717) is 6.42 Å². The minimum absolute atomic E-state index is 0.132. The van der Waals surface area contributed by atoms with Crippen molar-refractivity contribution in [2.45, 2.75) is 32.2 Å². The van der Waals surface area contributed by atoms with E-state index in [4.69, 9.17) is 9.47 Å². The van der Waals surface area contributed by atoms with Gasteiger partial charge in [0, 0.05) is 67.7 Å². The van der Waals surface area contributed by atoms with Gasteiger partial charge in [0.2, 0.25) is 12.7 Å². The lowest BCUT2D eigenvalue weighted by Crippen LogP contribution is -2.48. The number of rotatable bonds is 7. The van der Waals surface area contributed by atoms with Crippen LogP contribution in [0.15, 0.2) is 72.9 Å². The summed E-state index contributed by atoms with van der Waals surface area (Å²) in [6, 6.07) is 23.0. The first-order valence-electron chi connectivity index (χ1n) is 13.2. The largest absolute Gasteiger partial charge is 0.454 e. The predicted octanol–water partition coefficient (Wildman–Crippen LogP) is 5.33. The molecule has 6 nitrogen and oxygen atoms in total. The van der Waals surface area contributed by atoms with Crippen LogP contribution < -0.4 is 9.47 Å². The van der Waals surface area contributed by atoms with Crippen molar-refractivity contribution < 1.29 is 14.3 Å². The number of ether oxygens (including phenoxy) is 2. The topological polar surface area (TPSA) is 57.8 Å². The average molecular weight is 496 g/mol. The number of nitrogens with one attached hydrogen (secondary N) is 1. The maximum atomic E-state index is 13.7. The number of piperazine rings is 1. The monoisotopic (exact) mass is 495 g/mol. The summed E-state index contributed by atoms with van der Waals surface area (Å²) in [6.45, 7) is 6.57. The molecular weight excluding hydrogens is 462 g/mol. The fraction of sp³-hybridized carbons (Fsp3) is 0.323. The van der Waals surface area contributed by atoms with E-state index in [-0.39, 0.29) is 18.6 Å². The first-order valence-corrected chi connectivity index (χ1v) is 13.2. The molecule has 4 aromatic rings. The van der Waals surface area contributed by atoms with Crippen LogP contribution in [0.1, 0.15) is 41.5 Å². The molecule has 6 rings (SSSR count). The SMILES string of the molecule is CCc1cccc2c(C(CC(=O)N3CCN(Cc4ccccc4)CC3)c3cccc4c3OCO4)c[nH]c12. The number of fused-ring (bicyclic) bond motifs is 2. The Labute approximate surface area is 217 Å². The molecule has 1 fully saturated rings. The van der Waals surface area contributed by atoms with E-state index >= 15 is 0 Å². The van der Waals surface area contributed by atoms with Crippen LogP contribution in [0.2, 0.25) is 0 Å². The number of aromatic amines is 1. The van der Waals surface area contributed by atoms with Gasteiger partial charge in [-0.3, -0.25) is 9.69 Å². The molecule has 0 bridgehead atoms. The van der Waals surface area contributed by atoms with E-state index in [1.54, 1.807) is 0 Å². The minimum Gasteiger partial charge on any atom is -0.454 e. The van der Waals surface area contributed by atoms with Crippen LogP contribution in [0.4, 0.5) is 0 Å². The number of benzene rings is 3. The van der Waals surface area contributed by atoms with Gasteiger partial charge < -0.3 is 19.4 Å². The number of carbonyl (C=O) groups is 1. The van der Waals surface area contributed by atoms with Crippen molar-refractivity contribution in [3.8, 4) is 11.5 Å². The predicted molar refractivity (Wildman–Crippen MR) is 145 cm³/mol. The summed E-state index contributed by atoms with van der Waals surface area (Å²) in [6.07, 6.45) is 3.42. The lowest BCUT2D eigenvalue weighted by atomic mass is 9.86. The molecule has 3 heterocycles. The molecule has 1 amide bonds. The Bertz CT molecular complexity index is 1390. The molecule has 1 unspecified atom stereocenters. The molecule has 1 saturated heterocycles. The summed E-state index contributed by atoms with van der Waals surface area (Å²) >= 11 is 0. The third-order valence-corrected chi connectivity index (χ3v) is 7.75. The Morgan fingerprint density at radius 1 is 0.919 bits per heavy atom. The first kappa shape index (κ1) is 23.6. The van der Waals surface area contributed by atoms with Gasteiger partial charge in [0.15, 0.2) is 11.5 Å². The van der Waals surface area contributed by atoms with Crippen LogP contribution in [-0.2, 0) is 17.8 Å². The Kier molecular flexibility index (Phi) is 6.58. The number of carbonyl (C=O) groups excluding carboxylic acids is 1. The highest BCUT2D eigenvalue weighted by Crippen LogP contribution is 2.44. The Balaban J connectivity index is 1.25. The number of aryl methyl sites for hydroxylation is 1. The van der Waals surface area contributed by atoms with Gasteiger partial charge in [-0.1, -0.05) is 67.6 Å². The van der Waals surface area contributed by atoms with Gasteiger partial charge in [-0.15, -0.1) is 0 Å². The number of hydrogen-bond donors (Lipinski definition) is 1. The molecular formula is C31H33N3O3. The maximum Gasteiger partial charge on any atom is 0.231 e. The molecule has 1 aromatic heterocycles. The quantitative estimate of drug-likeness (QED) is 0.377. The summed E-state index contributed by atoms with van der Waals surface area (Å²) in [5.41, 5.74) is 5.88.